The predicted octanol–water partition coefficient (Wildman–Crippen LogP) is 4.60. The van der Waals surface area contributed by atoms with Crippen LogP contribution in [0.4, 0.5) is 4.79 Å². The van der Waals surface area contributed by atoms with Crippen LogP contribution in [0.5, 0.6) is 5.75 Å². The largest absolute Gasteiger partial charge is 0.490 e. The molecule has 7 nitrogen and oxygen atoms in total. The molecule has 1 fully saturated rings. The first-order valence-corrected chi connectivity index (χ1v) is 13.2. The zero-order chi connectivity index (χ0) is 23.8. The van der Waals surface area contributed by atoms with E-state index in [-0.39, 0.29) is 23.1 Å². The Labute approximate surface area is 197 Å². The summed E-state index contributed by atoms with van der Waals surface area (Å²) in [7, 11) is -3.50. The summed E-state index contributed by atoms with van der Waals surface area (Å²) in [6, 6.07) is 13.9. The summed E-state index contributed by atoms with van der Waals surface area (Å²) in [6.07, 6.45) is 4.82. The maximum atomic E-state index is 12.6. The van der Waals surface area contributed by atoms with Crippen molar-refractivity contribution in [3.05, 3.63) is 59.7 Å². The molecule has 180 valence electrons. The Morgan fingerprint density at radius 2 is 1.70 bits per heavy atom. The highest BCUT2D eigenvalue weighted by Crippen LogP contribution is 2.26. The van der Waals surface area contributed by atoms with Gasteiger partial charge in [-0.15, -0.1) is 0 Å². The highest BCUT2D eigenvalue weighted by molar-refractivity contribution is 7.89. The highest BCUT2D eigenvalue weighted by atomic mass is 32.2. The van der Waals surface area contributed by atoms with Gasteiger partial charge in [-0.1, -0.05) is 44.2 Å². The molecular formula is C25H35N3O4S. The van der Waals surface area contributed by atoms with Gasteiger partial charge in [0.1, 0.15) is 5.75 Å². The normalized spacial score (nSPS) is 15.4. The molecule has 3 rings (SSSR count). The zero-order valence-electron chi connectivity index (χ0n) is 19.7. The van der Waals surface area contributed by atoms with Crippen molar-refractivity contribution in [1.82, 2.24) is 14.9 Å². The van der Waals surface area contributed by atoms with Crippen LogP contribution in [0.2, 0.25) is 0 Å². The second kappa shape index (κ2) is 11.5. The minimum absolute atomic E-state index is 0.255. The van der Waals surface area contributed by atoms with Crippen LogP contribution >= 0.6 is 0 Å². The van der Waals surface area contributed by atoms with E-state index in [1.807, 2.05) is 45.0 Å². The molecule has 8 heteroatoms. The van der Waals surface area contributed by atoms with Gasteiger partial charge in [-0.2, -0.15) is 4.31 Å². The van der Waals surface area contributed by atoms with Gasteiger partial charge in [0, 0.05) is 25.2 Å². The summed E-state index contributed by atoms with van der Waals surface area (Å²) >= 11 is 0. The van der Waals surface area contributed by atoms with Gasteiger partial charge in [0.05, 0.1) is 17.0 Å². The van der Waals surface area contributed by atoms with Gasteiger partial charge >= 0.3 is 6.03 Å². The Kier molecular flexibility index (Phi) is 8.74. The summed E-state index contributed by atoms with van der Waals surface area (Å²) in [4.78, 5) is 12.7. The van der Waals surface area contributed by atoms with Crippen molar-refractivity contribution in [2.45, 2.75) is 70.0 Å². The number of urea groups is 1. The number of hydrogen-bond acceptors (Lipinski definition) is 4. The average Bonchev–Trinajstić information content (AvgIpc) is 3.32. The Morgan fingerprint density at radius 1 is 1.06 bits per heavy atom. The van der Waals surface area contributed by atoms with Crippen LogP contribution in [0.1, 0.15) is 63.6 Å². The van der Waals surface area contributed by atoms with Gasteiger partial charge in [-0.3, -0.25) is 0 Å². The van der Waals surface area contributed by atoms with Gasteiger partial charge in [-0.25, -0.2) is 13.2 Å². The minimum Gasteiger partial charge on any atom is -0.490 e. The number of rotatable bonds is 10. The average molecular weight is 474 g/mol. The fraction of sp³-hybridized carbons (Fsp3) is 0.480. The lowest BCUT2D eigenvalue weighted by atomic mass is 10.1. The molecule has 1 aliphatic carbocycles. The smallest absolute Gasteiger partial charge is 0.315 e. The van der Waals surface area contributed by atoms with Crippen molar-refractivity contribution >= 4 is 16.1 Å². The van der Waals surface area contributed by atoms with E-state index in [2.05, 4.69) is 10.6 Å². The Balaban J connectivity index is 1.56. The van der Waals surface area contributed by atoms with Crippen LogP contribution in [0.25, 0.3) is 0 Å². The molecule has 2 amide bonds. The maximum absolute atomic E-state index is 12.6. The minimum atomic E-state index is -3.50. The molecule has 0 bridgehead atoms. The number of ether oxygens (including phenoxy) is 1. The summed E-state index contributed by atoms with van der Waals surface area (Å²) in [6.45, 7) is 6.72. The van der Waals surface area contributed by atoms with Crippen LogP contribution in [0.3, 0.4) is 0 Å². The standard InChI is InChI=1S/C25H35N3O4S/c1-4-28(5-2)33(30,31)23-16-14-20(15-17-23)19(3)27-25(29)26-18-21-10-6-9-13-24(21)32-22-11-7-8-12-22/h6,9-10,13-17,19,22H,4-5,7-8,11-12,18H2,1-3H3,(H2,26,27,29). The number of amides is 2. The van der Waals surface area contributed by atoms with Gasteiger partial charge in [0.2, 0.25) is 10.0 Å². The molecule has 0 heterocycles. The summed E-state index contributed by atoms with van der Waals surface area (Å²) < 4.78 is 32.8. The quantitative estimate of drug-likeness (QED) is 0.528. The fourth-order valence-corrected chi connectivity index (χ4v) is 5.56. The maximum Gasteiger partial charge on any atom is 0.315 e. The molecule has 0 spiro atoms. The van der Waals surface area contributed by atoms with Crippen molar-refractivity contribution in [2.75, 3.05) is 13.1 Å². The zero-order valence-corrected chi connectivity index (χ0v) is 20.5. The molecular weight excluding hydrogens is 438 g/mol. The van der Waals surface area contributed by atoms with E-state index in [4.69, 9.17) is 4.74 Å². The van der Waals surface area contributed by atoms with Gasteiger partial charge < -0.3 is 15.4 Å². The first-order valence-electron chi connectivity index (χ1n) is 11.7. The number of sulfonamides is 1. The number of nitrogens with one attached hydrogen (secondary N) is 2. The van der Waals surface area contributed by atoms with E-state index >= 15 is 0 Å². The first kappa shape index (κ1) is 25.1. The fourth-order valence-electron chi connectivity index (χ4n) is 4.10. The van der Waals surface area contributed by atoms with Crippen LogP contribution in [-0.2, 0) is 16.6 Å². The molecule has 1 atom stereocenters. The molecule has 2 aromatic rings. The third kappa shape index (κ3) is 6.48. The SMILES string of the molecule is CCN(CC)S(=O)(=O)c1ccc(C(C)NC(=O)NCc2ccccc2OC2CCCC2)cc1. The van der Waals surface area contributed by atoms with E-state index in [1.54, 1.807) is 24.3 Å². The van der Waals surface area contributed by atoms with E-state index in [0.717, 1.165) is 29.7 Å². The molecule has 2 N–H and O–H groups in total. The lowest BCUT2D eigenvalue weighted by Crippen LogP contribution is -2.36. The number of para-hydroxylation sites is 1. The van der Waals surface area contributed by atoms with Crippen LogP contribution in [0.15, 0.2) is 53.4 Å². The molecule has 2 aromatic carbocycles. The van der Waals surface area contributed by atoms with E-state index in [9.17, 15) is 13.2 Å². The van der Waals surface area contributed by atoms with E-state index in [1.165, 1.54) is 17.1 Å². The predicted molar refractivity (Wildman–Crippen MR) is 130 cm³/mol. The molecule has 0 aliphatic heterocycles. The number of hydrogen-bond donors (Lipinski definition) is 2. The topological polar surface area (TPSA) is 87.7 Å². The number of carbonyl (C=O) groups excluding carboxylic acids is 1. The second-order valence-electron chi connectivity index (χ2n) is 8.34. The number of benzene rings is 2. The molecule has 0 radical (unpaired) electrons. The van der Waals surface area contributed by atoms with Crippen LogP contribution in [-0.4, -0.2) is 37.9 Å². The summed E-state index contributed by atoms with van der Waals surface area (Å²) in [5, 5.41) is 5.81. The van der Waals surface area contributed by atoms with Crippen molar-refractivity contribution in [1.29, 1.82) is 0 Å². The van der Waals surface area contributed by atoms with Gasteiger partial charge in [-0.05, 0) is 56.4 Å². The number of nitrogens with zero attached hydrogens (tertiary/aromatic N) is 1. The van der Waals surface area contributed by atoms with Crippen molar-refractivity contribution in [3.63, 3.8) is 0 Å². The Hall–Kier alpha value is -2.58. The van der Waals surface area contributed by atoms with Crippen molar-refractivity contribution in [2.24, 2.45) is 0 Å². The third-order valence-electron chi connectivity index (χ3n) is 6.08. The lowest BCUT2D eigenvalue weighted by Gasteiger charge is -2.20. The number of carbonyl (C=O) groups is 1. The monoisotopic (exact) mass is 473 g/mol. The Bertz CT molecular complexity index is 1010. The lowest BCUT2D eigenvalue weighted by molar-refractivity contribution is 0.207. The highest BCUT2D eigenvalue weighted by Gasteiger charge is 2.22. The third-order valence-corrected chi connectivity index (χ3v) is 8.14. The van der Waals surface area contributed by atoms with Gasteiger partial charge in [0.25, 0.3) is 0 Å². The van der Waals surface area contributed by atoms with Crippen molar-refractivity contribution in [3.8, 4) is 5.75 Å². The van der Waals surface area contributed by atoms with Crippen molar-refractivity contribution < 1.29 is 17.9 Å². The molecule has 1 aliphatic rings. The molecule has 1 saturated carbocycles. The van der Waals surface area contributed by atoms with Crippen LogP contribution < -0.4 is 15.4 Å². The molecule has 1 unspecified atom stereocenters. The summed E-state index contributed by atoms with van der Waals surface area (Å²) in [5.41, 5.74) is 1.77. The van der Waals surface area contributed by atoms with Gasteiger partial charge in [0.15, 0.2) is 0 Å². The summed E-state index contributed by atoms with van der Waals surface area (Å²) in [5.74, 6) is 0.822. The molecule has 0 saturated heterocycles. The Morgan fingerprint density at radius 3 is 2.33 bits per heavy atom. The first-order chi connectivity index (χ1) is 15.8. The van der Waals surface area contributed by atoms with Crippen LogP contribution in [0, 0.1) is 0 Å². The van der Waals surface area contributed by atoms with E-state index < -0.39 is 10.0 Å². The second-order valence-corrected chi connectivity index (χ2v) is 10.3. The van der Waals surface area contributed by atoms with E-state index in [0.29, 0.717) is 19.6 Å². The molecule has 33 heavy (non-hydrogen) atoms. The molecule has 0 aromatic heterocycles.